The third-order valence-corrected chi connectivity index (χ3v) is 4.63. The normalized spacial score (nSPS) is 38.9. The molecule has 0 unspecified atom stereocenters. The van der Waals surface area contributed by atoms with Crippen LogP contribution in [0.2, 0.25) is 0 Å². The van der Waals surface area contributed by atoms with Crippen LogP contribution in [0, 0.1) is 17.8 Å². The van der Waals surface area contributed by atoms with Gasteiger partial charge >= 0.3 is 0 Å². The molecule has 2 saturated carbocycles. The van der Waals surface area contributed by atoms with Crippen LogP contribution < -0.4 is 4.72 Å². The minimum atomic E-state index is -3.03. The average molecular weight is 217 g/mol. The molecule has 0 aromatic carbocycles. The molecule has 2 aliphatic rings. The lowest BCUT2D eigenvalue weighted by Crippen LogP contribution is -2.39. The van der Waals surface area contributed by atoms with Gasteiger partial charge in [-0.1, -0.05) is 6.42 Å². The van der Waals surface area contributed by atoms with E-state index in [4.69, 9.17) is 0 Å². The van der Waals surface area contributed by atoms with Crippen LogP contribution in [-0.2, 0) is 10.0 Å². The van der Waals surface area contributed by atoms with Gasteiger partial charge in [-0.25, -0.2) is 13.1 Å². The Bertz CT molecular complexity index is 312. The lowest BCUT2D eigenvalue weighted by Gasteiger charge is -2.27. The maximum absolute atomic E-state index is 11.1. The largest absolute Gasteiger partial charge is 0.213 e. The van der Waals surface area contributed by atoms with Crippen molar-refractivity contribution >= 4 is 10.0 Å². The highest BCUT2D eigenvalue weighted by molar-refractivity contribution is 7.88. The van der Waals surface area contributed by atoms with Crippen LogP contribution in [0.25, 0.3) is 0 Å². The van der Waals surface area contributed by atoms with Crippen molar-refractivity contribution in [3.63, 3.8) is 0 Å². The summed E-state index contributed by atoms with van der Waals surface area (Å²) in [5.74, 6) is 2.25. The molecule has 0 heterocycles. The molecular formula is C10H19NO2S. The summed E-state index contributed by atoms with van der Waals surface area (Å²) in [6, 6.07) is 0.125. The summed E-state index contributed by atoms with van der Waals surface area (Å²) < 4.78 is 24.9. The van der Waals surface area contributed by atoms with E-state index in [9.17, 15) is 8.42 Å². The molecule has 2 aliphatic carbocycles. The van der Waals surface area contributed by atoms with Crippen LogP contribution in [0.1, 0.15) is 32.6 Å². The highest BCUT2D eigenvalue weighted by atomic mass is 32.2. The second-order valence-electron chi connectivity index (χ2n) is 5.02. The van der Waals surface area contributed by atoms with Crippen molar-refractivity contribution in [2.24, 2.45) is 17.8 Å². The average Bonchev–Trinajstić information content (AvgIpc) is 2.59. The molecule has 4 heteroatoms. The molecule has 0 aliphatic heterocycles. The Morgan fingerprint density at radius 1 is 1.29 bits per heavy atom. The molecule has 82 valence electrons. The van der Waals surface area contributed by atoms with Crippen LogP contribution >= 0.6 is 0 Å². The minimum absolute atomic E-state index is 0.125. The number of rotatable bonds is 3. The van der Waals surface area contributed by atoms with Gasteiger partial charge in [0.25, 0.3) is 0 Å². The van der Waals surface area contributed by atoms with E-state index in [1.165, 1.54) is 31.9 Å². The lowest BCUT2D eigenvalue weighted by molar-refractivity contribution is 0.280. The van der Waals surface area contributed by atoms with Gasteiger partial charge in [-0.2, -0.15) is 0 Å². The maximum atomic E-state index is 11.1. The molecule has 0 saturated heterocycles. The highest BCUT2D eigenvalue weighted by Gasteiger charge is 2.42. The first-order valence-electron chi connectivity index (χ1n) is 5.43. The number of hydrogen-bond donors (Lipinski definition) is 1. The summed E-state index contributed by atoms with van der Waals surface area (Å²) in [7, 11) is -3.03. The number of fused-ring (bicyclic) bond motifs is 2. The molecule has 0 aromatic rings. The Morgan fingerprint density at radius 2 is 2.00 bits per heavy atom. The van der Waals surface area contributed by atoms with Gasteiger partial charge in [-0.15, -0.1) is 0 Å². The van der Waals surface area contributed by atoms with Gasteiger partial charge in [0.15, 0.2) is 0 Å². The number of sulfonamides is 1. The van der Waals surface area contributed by atoms with Crippen LogP contribution in [0.5, 0.6) is 0 Å². The van der Waals surface area contributed by atoms with Crippen molar-refractivity contribution < 1.29 is 8.42 Å². The van der Waals surface area contributed by atoms with Crippen molar-refractivity contribution in [2.75, 3.05) is 6.26 Å². The third-order valence-electron chi connectivity index (χ3n) is 3.83. The predicted octanol–water partition coefficient (Wildman–Crippen LogP) is 1.36. The van der Waals surface area contributed by atoms with E-state index < -0.39 is 10.0 Å². The first-order valence-corrected chi connectivity index (χ1v) is 7.32. The van der Waals surface area contributed by atoms with Crippen LogP contribution in [-0.4, -0.2) is 20.7 Å². The molecule has 0 amide bonds. The molecule has 2 rings (SSSR count). The molecule has 3 nitrogen and oxygen atoms in total. The molecule has 0 spiro atoms. The first-order chi connectivity index (χ1) is 6.46. The molecule has 0 radical (unpaired) electrons. The summed E-state index contributed by atoms with van der Waals surface area (Å²) in [5.41, 5.74) is 0. The first kappa shape index (κ1) is 10.4. The Balaban J connectivity index is 1.96. The van der Waals surface area contributed by atoms with E-state index in [1.54, 1.807) is 0 Å². The van der Waals surface area contributed by atoms with E-state index in [-0.39, 0.29) is 6.04 Å². The summed E-state index contributed by atoms with van der Waals surface area (Å²) in [6.07, 6.45) is 6.49. The Morgan fingerprint density at radius 3 is 2.43 bits per heavy atom. The predicted molar refractivity (Wildman–Crippen MR) is 56.4 cm³/mol. The van der Waals surface area contributed by atoms with E-state index in [1.807, 2.05) is 6.92 Å². The van der Waals surface area contributed by atoms with Gasteiger partial charge in [-0.05, 0) is 43.9 Å². The zero-order valence-electron chi connectivity index (χ0n) is 8.86. The van der Waals surface area contributed by atoms with Crippen molar-refractivity contribution in [1.82, 2.24) is 4.72 Å². The van der Waals surface area contributed by atoms with Crippen LogP contribution in [0.3, 0.4) is 0 Å². The monoisotopic (exact) mass is 217 g/mol. The molecule has 2 fully saturated rings. The molecule has 2 bridgehead atoms. The van der Waals surface area contributed by atoms with Gasteiger partial charge in [0.1, 0.15) is 0 Å². The molecular weight excluding hydrogens is 198 g/mol. The molecule has 4 atom stereocenters. The van der Waals surface area contributed by atoms with Crippen LogP contribution in [0.15, 0.2) is 0 Å². The van der Waals surface area contributed by atoms with Crippen molar-refractivity contribution in [3.05, 3.63) is 0 Å². The van der Waals surface area contributed by atoms with Gasteiger partial charge in [0.05, 0.1) is 6.26 Å². The smallest absolute Gasteiger partial charge is 0.208 e. The highest BCUT2D eigenvalue weighted by Crippen LogP contribution is 2.49. The Hall–Kier alpha value is -0.0900. The summed E-state index contributed by atoms with van der Waals surface area (Å²) in [5, 5.41) is 0. The Labute approximate surface area is 86.3 Å². The molecule has 14 heavy (non-hydrogen) atoms. The van der Waals surface area contributed by atoms with Gasteiger partial charge in [-0.3, -0.25) is 0 Å². The van der Waals surface area contributed by atoms with Crippen molar-refractivity contribution in [3.8, 4) is 0 Å². The second-order valence-corrected chi connectivity index (χ2v) is 6.80. The summed E-state index contributed by atoms with van der Waals surface area (Å²) >= 11 is 0. The van der Waals surface area contributed by atoms with Crippen molar-refractivity contribution in [2.45, 2.75) is 38.6 Å². The summed E-state index contributed by atoms with van der Waals surface area (Å²) in [4.78, 5) is 0. The van der Waals surface area contributed by atoms with E-state index >= 15 is 0 Å². The Kier molecular flexibility index (Phi) is 2.60. The minimum Gasteiger partial charge on any atom is -0.213 e. The number of hydrogen-bond acceptors (Lipinski definition) is 2. The number of nitrogens with one attached hydrogen (secondary N) is 1. The van der Waals surface area contributed by atoms with E-state index in [2.05, 4.69) is 4.72 Å². The van der Waals surface area contributed by atoms with Crippen LogP contribution in [0.4, 0.5) is 0 Å². The maximum Gasteiger partial charge on any atom is 0.208 e. The quantitative estimate of drug-likeness (QED) is 0.776. The van der Waals surface area contributed by atoms with Crippen molar-refractivity contribution in [1.29, 1.82) is 0 Å². The summed E-state index contributed by atoms with van der Waals surface area (Å²) in [6.45, 7) is 2.01. The molecule has 0 aromatic heterocycles. The molecule has 1 N–H and O–H groups in total. The second kappa shape index (κ2) is 3.49. The van der Waals surface area contributed by atoms with E-state index in [0.717, 1.165) is 11.8 Å². The fourth-order valence-corrected chi connectivity index (χ4v) is 4.18. The standard InChI is InChI=1S/C10H19NO2S/c1-7(11-14(2,12)13)10-6-8-3-4-9(10)5-8/h7-11H,3-6H2,1-2H3/t7-,8-,9-,10-/m0/s1. The fraction of sp³-hybridized carbons (Fsp3) is 1.00. The zero-order chi connectivity index (χ0) is 10.3. The zero-order valence-corrected chi connectivity index (χ0v) is 9.68. The SMILES string of the molecule is C[C@H](NS(C)(=O)=O)[C@@H]1C[C@H]2CC[C@H]1C2. The van der Waals surface area contributed by atoms with Gasteiger partial charge in [0, 0.05) is 6.04 Å². The lowest BCUT2D eigenvalue weighted by atomic mass is 9.84. The van der Waals surface area contributed by atoms with E-state index in [0.29, 0.717) is 5.92 Å². The topological polar surface area (TPSA) is 46.2 Å². The third kappa shape index (κ3) is 2.11. The van der Waals surface area contributed by atoms with Gasteiger partial charge in [0.2, 0.25) is 10.0 Å². The fourth-order valence-electron chi connectivity index (χ4n) is 3.33. The van der Waals surface area contributed by atoms with Gasteiger partial charge < -0.3 is 0 Å².